The zero-order valence-corrected chi connectivity index (χ0v) is 19.9. The molecule has 0 saturated carbocycles. The van der Waals surface area contributed by atoms with Gasteiger partial charge in [0.2, 0.25) is 0 Å². The van der Waals surface area contributed by atoms with Gasteiger partial charge in [0.1, 0.15) is 11.3 Å². The van der Waals surface area contributed by atoms with E-state index in [-0.39, 0.29) is 11.3 Å². The molecule has 0 radical (unpaired) electrons. The highest BCUT2D eigenvalue weighted by molar-refractivity contribution is 14.2. The zero-order chi connectivity index (χ0) is 21.8. The Balaban J connectivity index is 1.94. The first-order valence-corrected chi connectivity index (χ1v) is 13.1. The minimum atomic E-state index is -1.06. The maximum Gasteiger partial charge on any atom is 0.339 e. The van der Waals surface area contributed by atoms with E-state index < -0.39 is 5.97 Å². The van der Waals surface area contributed by atoms with Crippen LogP contribution < -0.4 is 15.1 Å². The number of carboxylic acids is 1. The Morgan fingerprint density at radius 3 is 2.73 bits per heavy atom. The van der Waals surface area contributed by atoms with Gasteiger partial charge >= 0.3 is 5.97 Å². The molecule has 0 bridgehead atoms. The van der Waals surface area contributed by atoms with Crippen LogP contribution >= 0.6 is 40.0 Å². The van der Waals surface area contributed by atoms with Crippen LogP contribution in [0.5, 0.6) is 5.75 Å². The average Bonchev–Trinajstić information content (AvgIpc) is 3.10. The fourth-order valence-corrected chi connectivity index (χ4v) is 4.29. The summed E-state index contributed by atoms with van der Waals surface area (Å²) < 4.78 is 6.82. The van der Waals surface area contributed by atoms with Crippen molar-refractivity contribution >= 4 is 69.4 Å². The van der Waals surface area contributed by atoms with Gasteiger partial charge in [-0.25, -0.2) is 9.48 Å². The zero-order valence-electron chi connectivity index (χ0n) is 16.0. The molecule has 1 aromatic heterocycles. The Morgan fingerprint density at radius 2 is 2.10 bits per heavy atom. The highest BCUT2D eigenvalue weighted by Gasteiger charge is 2.15. The number of carboxylic acid groups (broad SMARTS) is 1. The van der Waals surface area contributed by atoms with E-state index in [4.69, 9.17) is 21.7 Å². The quantitative estimate of drug-likeness (QED) is 0.162. The Hall–Kier alpha value is -2.36. The topological polar surface area (TPSA) is 112 Å². The highest BCUT2D eigenvalue weighted by Crippen LogP contribution is 2.36. The molecule has 11 heteroatoms. The number of carbonyl (C=O) groups is 1. The molecule has 8 nitrogen and oxygen atoms in total. The van der Waals surface area contributed by atoms with Crippen molar-refractivity contribution in [2.24, 2.45) is 0 Å². The molecule has 3 aromatic rings. The molecule has 4 N–H and O–H groups in total. The molecule has 156 valence electrons. The van der Waals surface area contributed by atoms with Gasteiger partial charge in [0.05, 0.1) is 23.5 Å². The van der Waals surface area contributed by atoms with E-state index in [0.717, 1.165) is 11.3 Å². The molecule has 1 unspecified atom stereocenters. The number of halogens is 2. The number of hydrogen-bond donors (Lipinski definition) is 4. The largest absolute Gasteiger partial charge is 0.496 e. The number of benzene rings is 2. The predicted octanol–water partition coefficient (Wildman–Crippen LogP) is 5.64. The number of aromatic carboxylic acids is 1. The first-order valence-electron chi connectivity index (χ1n) is 8.59. The Labute approximate surface area is 192 Å². The fourth-order valence-electron chi connectivity index (χ4n) is 2.83. The lowest BCUT2D eigenvalue weighted by molar-refractivity contribution is 0.0693. The number of methoxy groups -OCH3 is 1. The number of hydrogen-bond acceptors (Lipinski definition) is 6. The summed E-state index contributed by atoms with van der Waals surface area (Å²) in [6.07, 6.45) is 3.49. The van der Waals surface area contributed by atoms with Crippen molar-refractivity contribution in [3.63, 3.8) is 0 Å². The van der Waals surface area contributed by atoms with Crippen LogP contribution in [0.15, 0.2) is 36.5 Å². The normalized spacial score (nSPS) is 10.9. The van der Waals surface area contributed by atoms with Gasteiger partial charge in [-0.15, -0.1) is 5.10 Å². The van der Waals surface area contributed by atoms with E-state index in [2.05, 4.69) is 37.5 Å². The molecule has 0 spiro atoms. The minimum absolute atomic E-state index is 0.0789. The number of nitrogens with one attached hydrogen (secondary N) is 3. The first kappa shape index (κ1) is 22.3. The van der Waals surface area contributed by atoms with Crippen LogP contribution in [0.3, 0.4) is 0 Å². The number of ether oxygens (including phenoxy) is 1. The second kappa shape index (κ2) is 9.63. The van der Waals surface area contributed by atoms with E-state index in [1.165, 1.54) is 19.4 Å². The summed E-state index contributed by atoms with van der Waals surface area (Å²) in [4.78, 5) is 11.3. The summed E-state index contributed by atoms with van der Waals surface area (Å²) in [6.45, 7) is 1.90. The first-order chi connectivity index (χ1) is 14.4. The predicted molar refractivity (Wildman–Crippen MR) is 130 cm³/mol. The van der Waals surface area contributed by atoms with Crippen molar-refractivity contribution in [3.05, 3.63) is 58.2 Å². The van der Waals surface area contributed by atoms with Crippen LogP contribution in [0.2, 0.25) is 5.02 Å². The standard InChI is InChI=1S/C19H18ClIN5O3P/c1-10-9-26(11-3-4-12(19(27)28)16(7-11)29-2)24-18(10)23-15-6-5-14(25-30-21)13(8-22)17(15)20/h3-9,22,25,30H,1-2H3,(H,23,24)(H,27,28). The van der Waals surface area contributed by atoms with E-state index in [0.29, 0.717) is 34.2 Å². The monoisotopic (exact) mass is 557 g/mol. The van der Waals surface area contributed by atoms with Gasteiger partial charge in [-0.2, -0.15) is 0 Å². The van der Waals surface area contributed by atoms with Gasteiger partial charge in [0.15, 0.2) is 5.82 Å². The van der Waals surface area contributed by atoms with Gasteiger partial charge in [-0.05, 0) is 53.2 Å². The van der Waals surface area contributed by atoms with E-state index >= 15 is 0 Å². The number of aromatic nitrogens is 2. The van der Waals surface area contributed by atoms with Gasteiger partial charge in [0.25, 0.3) is 0 Å². The Kier molecular flexibility index (Phi) is 7.17. The van der Waals surface area contributed by atoms with Crippen LogP contribution in [0, 0.1) is 12.3 Å². The third kappa shape index (κ3) is 4.53. The van der Waals surface area contributed by atoms with Crippen LogP contribution in [0.4, 0.5) is 17.2 Å². The fraction of sp³-hybridized carbons (Fsp3) is 0.105. The Morgan fingerprint density at radius 1 is 1.37 bits per heavy atom. The highest BCUT2D eigenvalue weighted by atomic mass is 127. The summed E-state index contributed by atoms with van der Waals surface area (Å²) in [5.41, 5.74) is 3.61. The summed E-state index contributed by atoms with van der Waals surface area (Å²) in [6, 6.07) is 8.45. The minimum Gasteiger partial charge on any atom is -0.496 e. The second-order valence-corrected chi connectivity index (χ2v) is 8.61. The van der Waals surface area contributed by atoms with Crippen molar-refractivity contribution < 1.29 is 14.6 Å². The van der Waals surface area contributed by atoms with Gasteiger partial charge in [0, 0.05) is 41.7 Å². The molecule has 0 aliphatic heterocycles. The lowest BCUT2D eigenvalue weighted by atomic mass is 10.1. The molecule has 30 heavy (non-hydrogen) atoms. The van der Waals surface area contributed by atoms with Crippen molar-refractivity contribution in [2.75, 3.05) is 17.5 Å². The van der Waals surface area contributed by atoms with E-state index in [9.17, 15) is 9.90 Å². The molecule has 0 fully saturated rings. The molecular formula is C19H18ClIN5O3P. The van der Waals surface area contributed by atoms with Crippen LogP contribution in [0.1, 0.15) is 21.5 Å². The number of aryl methyl sites for hydroxylation is 1. The third-order valence-corrected chi connectivity index (χ3v) is 5.92. The van der Waals surface area contributed by atoms with E-state index in [1.54, 1.807) is 16.8 Å². The molecule has 1 heterocycles. The van der Waals surface area contributed by atoms with Crippen molar-refractivity contribution in [3.8, 4) is 11.4 Å². The number of nitrogens with zero attached hydrogens (tertiary/aromatic N) is 2. The summed E-state index contributed by atoms with van der Waals surface area (Å²) >= 11 is 8.72. The van der Waals surface area contributed by atoms with Crippen LogP contribution in [-0.4, -0.2) is 34.2 Å². The summed E-state index contributed by atoms with van der Waals surface area (Å²) in [5, 5.41) is 28.3. The average molecular weight is 558 g/mol. The van der Waals surface area contributed by atoms with Crippen molar-refractivity contribution in [1.82, 2.24) is 9.78 Å². The van der Waals surface area contributed by atoms with Crippen molar-refractivity contribution in [2.45, 2.75) is 6.92 Å². The van der Waals surface area contributed by atoms with Crippen LogP contribution in [0.25, 0.3) is 5.69 Å². The SMILES string of the molecule is COc1cc(-n2cc(C)c(Nc3ccc(NPI)c(C=N)c3Cl)n2)ccc1C(=O)O. The lowest BCUT2D eigenvalue weighted by Crippen LogP contribution is -2.03. The van der Waals surface area contributed by atoms with E-state index in [1.807, 2.05) is 25.3 Å². The van der Waals surface area contributed by atoms with Gasteiger partial charge in [-0.1, -0.05) is 11.6 Å². The van der Waals surface area contributed by atoms with Crippen molar-refractivity contribution in [1.29, 1.82) is 5.41 Å². The van der Waals surface area contributed by atoms with Gasteiger partial charge in [-0.3, -0.25) is 0 Å². The third-order valence-electron chi connectivity index (χ3n) is 4.34. The maximum atomic E-state index is 11.3. The lowest BCUT2D eigenvalue weighted by Gasteiger charge is -2.13. The van der Waals surface area contributed by atoms with Gasteiger partial charge < -0.3 is 25.7 Å². The molecule has 0 aliphatic carbocycles. The van der Waals surface area contributed by atoms with Crippen LogP contribution in [-0.2, 0) is 0 Å². The second-order valence-electron chi connectivity index (χ2n) is 6.17. The smallest absolute Gasteiger partial charge is 0.339 e. The molecule has 0 aliphatic rings. The molecule has 2 aromatic carbocycles. The molecule has 1 atom stereocenters. The summed E-state index contributed by atoms with van der Waals surface area (Å²) in [5.74, 6) is -0.221. The summed E-state index contributed by atoms with van der Waals surface area (Å²) in [7, 11) is 1.42. The molecule has 0 saturated heterocycles. The maximum absolute atomic E-state index is 11.3. The Bertz CT molecular complexity index is 1120. The molecule has 3 rings (SSSR count). The number of anilines is 3. The number of rotatable bonds is 8. The molecule has 0 amide bonds. The molecular weight excluding hydrogens is 540 g/mol.